The van der Waals surface area contributed by atoms with Crippen molar-refractivity contribution in [2.24, 2.45) is 0 Å². The molecular formula is C10H19NO4S2. The number of hydrogen-bond acceptors (Lipinski definition) is 6. The van der Waals surface area contributed by atoms with Gasteiger partial charge in [-0.15, -0.1) is 0 Å². The van der Waals surface area contributed by atoms with Gasteiger partial charge in [-0.2, -0.15) is 11.8 Å². The highest BCUT2D eigenvalue weighted by Gasteiger charge is 2.28. The zero-order valence-corrected chi connectivity index (χ0v) is 11.8. The van der Waals surface area contributed by atoms with E-state index < -0.39 is 9.84 Å². The lowest BCUT2D eigenvalue weighted by atomic mass is 10.3. The molecule has 1 atom stereocenters. The highest BCUT2D eigenvalue weighted by atomic mass is 32.2. The van der Waals surface area contributed by atoms with Crippen molar-refractivity contribution in [3.63, 3.8) is 0 Å². The first-order valence-corrected chi connectivity index (χ1v) is 8.73. The Balaban J connectivity index is 2.25. The van der Waals surface area contributed by atoms with E-state index in [2.05, 4.69) is 5.32 Å². The Hall–Kier alpha value is -0.270. The van der Waals surface area contributed by atoms with Crippen LogP contribution >= 0.6 is 11.8 Å². The van der Waals surface area contributed by atoms with Crippen molar-refractivity contribution >= 4 is 27.6 Å². The molecule has 5 nitrogen and oxygen atoms in total. The van der Waals surface area contributed by atoms with Gasteiger partial charge in [0.1, 0.15) is 15.9 Å². The van der Waals surface area contributed by atoms with Gasteiger partial charge in [0, 0.05) is 23.8 Å². The van der Waals surface area contributed by atoms with Crippen LogP contribution in [0, 0.1) is 0 Å². The van der Waals surface area contributed by atoms with E-state index in [1.54, 1.807) is 0 Å². The van der Waals surface area contributed by atoms with Gasteiger partial charge in [0.15, 0.2) is 0 Å². The molecule has 1 N–H and O–H groups in total. The molecule has 100 valence electrons. The van der Waals surface area contributed by atoms with Crippen LogP contribution in [0.1, 0.15) is 12.8 Å². The second kappa shape index (κ2) is 6.61. The Morgan fingerprint density at radius 1 is 1.53 bits per heavy atom. The molecule has 1 saturated carbocycles. The fourth-order valence-corrected chi connectivity index (χ4v) is 3.59. The van der Waals surface area contributed by atoms with Crippen LogP contribution in [-0.4, -0.2) is 57.1 Å². The number of esters is 1. The Morgan fingerprint density at radius 3 is 2.65 bits per heavy atom. The minimum absolute atomic E-state index is 0.148. The van der Waals surface area contributed by atoms with Crippen LogP contribution in [0.15, 0.2) is 0 Å². The van der Waals surface area contributed by atoms with Crippen molar-refractivity contribution < 1.29 is 17.9 Å². The number of carbonyl (C=O) groups is 1. The maximum atomic E-state index is 11.5. The van der Waals surface area contributed by atoms with Crippen LogP contribution in [0.25, 0.3) is 0 Å². The zero-order chi connectivity index (χ0) is 12.9. The molecule has 1 fully saturated rings. The summed E-state index contributed by atoms with van der Waals surface area (Å²) in [6.45, 7) is 0. The van der Waals surface area contributed by atoms with E-state index in [1.807, 2.05) is 0 Å². The zero-order valence-electron chi connectivity index (χ0n) is 10.1. The van der Waals surface area contributed by atoms with Gasteiger partial charge in [-0.05, 0) is 12.8 Å². The van der Waals surface area contributed by atoms with Gasteiger partial charge in [-0.1, -0.05) is 0 Å². The maximum Gasteiger partial charge on any atom is 0.323 e. The van der Waals surface area contributed by atoms with Gasteiger partial charge in [-0.25, -0.2) is 8.42 Å². The molecule has 0 aromatic heterocycles. The third-order valence-electron chi connectivity index (χ3n) is 2.38. The average molecular weight is 281 g/mol. The van der Waals surface area contributed by atoms with E-state index in [4.69, 9.17) is 4.74 Å². The Bertz CT molecular complexity index is 351. The highest BCUT2D eigenvalue weighted by molar-refractivity contribution is 8.00. The molecular weight excluding hydrogens is 262 g/mol. The molecule has 0 radical (unpaired) electrons. The van der Waals surface area contributed by atoms with Crippen LogP contribution in [0.5, 0.6) is 0 Å². The molecule has 1 aliphatic rings. The predicted octanol–water partition coefficient (Wildman–Crippen LogP) is 0.0578. The van der Waals surface area contributed by atoms with Crippen LogP contribution in [-0.2, 0) is 19.4 Å². The molecule has 1 aliphatic carbocycles. The summed E-state index contributed by atoms with van der Waals surface area (Å²) in [5.74, 6) is 0.940. The molecule has 7 heteroatoms. The number of sulfone groups is 1. The Morgan fingerprint density at radius 2 is 2.18 bits per heavy atom. The summed E-state index contributed by atoms with van der Waals surface area (Å²) in [6.07, 6.45) is 3.41. The van der Waals surface area contributed by atoms with Crippen LogP contribution < -0.4 is 5.32 Å². The second-order valence-corrected chi connectivity index (χ2v) is 7.63. The Kier molecular flexibility index (Phi) is 5.75. The van der Waals surface area contributed by atoms with Gasteiger partial charge in [0.2, 0.25) is 0 Å². The summed E-state index contributed by atoms with van der Waals surface area (Å²) >= 11 is 1.46. The van der Waals surface area contributed by atoms with Gasteiger partial charge >= 0.3 is 5.97 Å². The minimum Gasteiger partial charge on any atom is -0.468 e. The van der Waals surface area contributed by atoms with E-state index in [9.17, 15) is 13.2 Å². The number of carbonyl (C=O) groups excluding carboxylic acids is 1. The minimum atomic E-state index is -2.92. The molecule has 0 spiro atoms. The molecule has 0 aromatic rings. The first-order chi connectivity index (χ1) is 7.92. The van der Waals surface area contributed by atoms with Crippen molar-refractivity contribution in [1.82, 2.24) is 5.32 Å². The van der Waals surface area contributed by atoms with Crippen molar-refractivity contribution in [2.75, 3.05) is 30.6 Å². The third kappa shape index (κ3) is 6.90. The number of nitrogens with one attached hydrogen (secondary N) is 1. The van der Waals surface area contributed by atoms with Crippen molar-refractivity contribution in [3.05, 3.63) is 0 Å². The van der Waals surface area contributed by atoms with Gasteiger partial charge in [0.05, 0.1) is 12.9 Å². The lowest BCUT2D eigenvalue weighted by Crippen LogP contribution is -2.41. The maximum absolute atomic E-state index is 11.5. The van der Waals surface area contributed by atoms with E-state index in [0.717, 1.165) is 12.8 Å². The summed E-state index contributed by atoms with van der Waals surface area (Å²) in [7, 11) is -1.55. The van der Waals surface area contributed by atoms with E-state index in [0.29, 0.717) is 17.5 Å². The standard InChI is InChI=1S/C10H19NO4S2/c1-15-10(12)9(11-8-3-4-8)7-16-5-6-17(2,13)14/h8-9,11H,3-7H2,1-2H3. The van der Waals surface area contributed by atoms with Crippen molar-refractivity contribution in [2.45, 2.75) is 24.9 Å². The summed E-state index contributed by atoms with van der Waals surface area (Å²) in [6, 6.07) is 0.103. The predicted molar refractivity (Wildman–Crippen MR) is 69.0 cm³/mol. The summed E-state index contributed by atoms with van der Waals surface area (Å²) < 4.78 is 26.6. The molecule has 0 bridgehead atoms. The second-order valence-electron chi connectivity index (χ2n) is 4.22. The molecule has 1 unspecified atom stereocenters. The third-order valence-corrected chi connectivity index (χ3v) is 4.65. The fourth-order valence-electron chi connectivity index (χ4n) is 1.27. The highest BCUT2D eigenvalue weighted by Crippen LogP contribution is 2.20. The normalized spacial score (nSPS) is 17.8. The summed E-state index contributed by atoms with van der Waals surface area (Å²) in [5, 5.41) is 3.19. The molecule has 17 heavy (non-hydrogen) atoms. The van der Waals surface area contributed by atoms with Crippen molar-refractivity contribution in [3.8, 4) is 0 Å². The van der Waals surface area contributed by atoms with Gasteiger partial charge in [-0.3, -0.25) is 4.79 Å². The van der Waals surface area contributed by atoms with Crippen LogP contribution in [0.4, 0.5) is 0 Å². The number of hydrogen-bond donors (Lipinski definition) is 1. The van der Waals surface area contributed by atoms with Crippen LogP contribution in [0.2, 0.25) is 0 Å². The fraction of sp³-hybridized carbons (Fsp3) is 0.900. The van der Waals surface area contributed by atoms with Crippen molar-refractivity contribution in [1.29, 1.82) is 0 Å². The molecule has 1 rings (SSSR count). The number of rotatable bonds is 8. The molecule has 0 heterocycles. The quantitative estimate of drug-likeness (QED) is 0.501. The molecule has 0 amide bonds. The number of methoxy groups -OCH3 is 1. The lowest BCUT2D eigenvalue weighted by Gasteiger charge is -2.15. The van der Waals surface area contributed by atoms with Gasteiger partial charge < -0.3 is 10.1 Å². The first kappa shape index (κ1) is 14.8. The summed E-state index contributed by atoms with van der Waals surface area (Å²) in [4.78, 5) is 11.5. The average Bonchev–Trinajstić information content (AvgIpc) is 3.03. The largest absolute Gasteiger partial charge is 0.468 e. The first-order valence-electron chi connectivity index (χ1n) is 5.51. The number of ether oxygens (including phenoxy) is 1. The molecule has 0 aromatic carbocycles. The monoisotopic (exact) mass is 281 g/mol. The SMILES string of the molecule is COC(=O)C(CSCCS(C)(=O)=O)NC1CC1. The van der Waals surface area contributed by atoms with Gasteiger partial charge in [0.25, 0.3) is 0 Å². The molecule has 0 aliphatic heterocycles. The smallest absolute Gasteiger partial charge is 0.323 e. The van der Waals surface area contributed by atoms with Crippen LogP contribution in [0.3, 0.4) is 0 Å². The lowest BCUT2D eigenvalue weighted by molar-refractivity contribution is -0.142. The van der Waals surface area contributed by atoms with E-state index in [1.165, 1.54) is 25.1 Å². The Labute approximate surface area is 107 Å². The topological polar surface area (TPSA) is 72.5 Å². The number of thioether (sulfide) groups is 1. The van der Waals surface area contributed by atoms with E-state index in [-0.39, 0.29) is 17.8 Å². The van der Waals surface area contributed by atoms with E-state index >= 15 is 0 Å². The molecule has 0 saturated heterocycles. The summed E-state index contributed by atoms with van der Waals surface area (Å²) in [5.41, 5.74) is 0.